The van der Waals surface area contributed by atoms with Crippen molar-refractivity contribution in [3.05, 3.63) is 30.1 Å². The molecule has 7 heteroatoms. The van der Waals surface area contributed by atoms with Crippen LogP contribution in [0.1, 0.15) is 10.6 Å². The average molecular weight is 274 g/mol. The molecule has 0 bridgehead atoms. The van der Waals surface area contributed by atoms with Crippen molar-refractivity contribution in [2.24, 2.45) is 5.73 Å². The molecule has 0 saturated carbocycles. The van der Waals surface area contributed by atoms with Crippen molar-refractivity contribution in [3.63, 3.8) is 0 Å². The predicted octanol–water partition coefficient (Wildman–Crippen LogP) is 0.672. The lowest BCUT2D eigenvalue weighted by molar-refractivity contribution is 0.0987. The van der Waals surface area contributed by atoms with Crippen LogP contribution in [0.4, 0.5) is 5.69 Å². The van der Waals surface area contributed by atoms with Crippen LogP contribution in [0.15, 0.2) is 28.8 Å². The van der Waals surface area contributed by atoms with Gasteiger partial charge in [-0.2, -0.15) is 4.98 Å². The highest BCUT2D eigenvalue weighted by atomic mass is 16.5. The van der Waals surface area contributed by atoms with Gasteiger partial charge in [0, 0.05) is 24.3 Å². The number of hydrogen-bond acceptors (Lipinski definition) is 6. The van der Waals surface area contributed by atoms with E-state index in [1.165, 1.54) is 0 Å². The van der Waals surface area contributed by atoms with Crippen LogP contribution < -0.4 is 10.6 Å². The zero-order valence-electron chi connectivity index (χ0n) is 10.8. The van der Waals surface area contributed by atoms with Gasteiger partial charge in [0.15, 0.2) is 0 Å². The highest BCUT2D eigenvalue weighted by Gasteiger charge is 2.14. The SMILES string of the molecule is NC(=O)c1noc(-c2ccc(N3CCOCC3)cc2)n1. The molecule has 104 valence electrons. The van der Waals surface area contributed by atoms with Gasteiger partial charge in [0.25, 0.3) is 17.6 Å². The van der Waals surface area contributed by atoms with Gasteiger partial charge in [0.05, 0.1) is 13.2 Å². The second kappa shape index (κ2) is 5.30. The summed E-state index contributed by atoms with van der Waals surface area (Å²) in [5.74, 6) is -0.533. The Morgan fingerprint density at radius 2 is 1.90 bits per heavy atom. The van der Waals surface area contributed by atoms with Crippen molar-refractivity contribution in [1.82, 2.24) is 10.1 Å². The van der Waals surface area contributed by atoms with Crippen molar-refractivity contribution in [2.75, 3.05) is 31.2 Å². The van der Waals surface area contributed by atoms with Crippen molar-refractivity contribution >= 4 is 11.6 Å². The van der Waals surface area contributed by atoms with E-state index in [1.54, 1.807) is 0 Å². The molecule has 2 heterocycles. The Balaban J connectivity index is 1.79. The summed E-state index contributed by atoms with van der Waals surface area (Å²) < 4.78 is 10.3. The number of ether oxygens (including phenoxy) is 1. The topological polar surface area (TPSA) is 94.5 Å². The molecule has 0 unspecified atom stereocenters. The first kappa shape index (κ1) is 12.6. The van der Waals surface area contributed by atoms with E-state index >= 15 is 0 Å². The van der Waals surface area contributed by atoms with Crippen LogP contribution in [-0.2, 0) is 4.74 Å². The fraction of sp³-hybridized carbons (Fsp3) is 0.308. The van der Waals surface area contributed by atoms with E-state index < -0.39 is 5.91 Å². The molecule has 1 aliphatic heterocycles. The van der Waals surface area contributed by atoms with Crippen molar-refractivity contribution < 1.29 is 14.1 Å². The van der Waals surface area contributed by atoms with Crippen LogP contribution in [0, 0.1) is 0 Å². The summed E-state index contributed by atoms with van der Waals surface area (Å²) in [6.07, 6.45) is 0. The minimum Gasteiger partial charge on any atom is -0.378 e. The second-order valence-electron chi connectivity index (χ2n) is 4.43. The fourth-order valence-corrected chi connectivity index (χ4v) is 2.08. The van der Waals surface area contributed by atoms with Crippen molar-refractivity contribution in [1.29, 1.82) is 0 Å². The Hall–Kier alpha value is -2.41. The largest absolute Gasteiger partial charge is 0.378 e. The maximum absolute atomic E-state index is 10.9. The molecule has 1 aliphatic rings. The van der Waals surface area contributed by atoms with Gasteiger partial charge in [0.1, 0.15) is 0 Å². The third-order valence-corrected chi connectivity index (χ3v) is 3.14. The highest BCUT2D eigenvalue weighted by molar-refractivity contribution is 5.89. The van der Waals surface area contributed by atoms with Crippen molar-refractivity contribution in [2.45, 2.75) is 0 Å². The van der Waals surface area contributed by atoms with Crippen LogP contribution in [0.5, 0.6) is 0 Å². The number of nitrogens with two attached hydrogens (primary N) is 1. The minimum atomic E-state index is -0.704. The normalized spacial score (nSPS) is 15.3. The van der Waals surface area contributed by atoms with Crippen molar-refractivity contribution in [3.8, 4) is 11.5 Å². The van der Waals surface area contributed by atoms with Gasteiger partial charge < -0.3 is 19.9 Å². The number of hydrogen-bond donors (Lipinski definition) is 1. The van der Waals surface area contributed by atoms with Crippen LogP contribution >= 0.6 is 0 Å². The minimum absolute atomic E-state index is 0.114. The molecule has 0 aliphatic carbocycles. The van der Waals surface area contributed by atoms with Gasteiger partial charge in [-0.15, -0.1) is 0 Å². The van der Waals surface area contributed by atoms with Gasteiger partial charge >= 0.3 is 0 Å². The third-order valence-electron chi connectivity index (χ3n) is 3.14. The van der Waals surface area contributed by atoms with Crippen LogP contribution in [0.3, 0.4) is 0 Å². The number of benzene rings is 1. The second-order valence-corrected chi connectivity index (χ2v) is 4.43. The highest BCUT2D eigenvalue weighted by Crippen LogP contribution is 2.22. The molecular weight excluding hydrogens is 260 g/mol. The smallest absolute Gasteiger partial charge is 0.290 e. The van der Waals surface area contributed by atoms with E-state index in [-0.39, 0.29) is 11.7 Å². The lowest BCUT2D eigenvalue weighted by atomic mass is 10.2. The summed E-state index contributed by atoms with van der Waals surface area (Å²) in [6.45, 7) is 3.25. The number of nitrogens with zero attached hydrogens (tertiary/aromatic N) is 3. The Morgan fingerprint density at radius 1 is 1.20 bits per heavy atom. The summed E-state index contributed by atoms with van der Waals surface area (Å²) in [5, 5.41) is 3.52. The molecule has 1 fully saturated rings. The number of primary amides is 1. The molecule has 20 heavy (non-hydrogen) atoms. The third kappa shape index (κ3) is 2.48. The number of rotatable bonds is 3. The number of anilines is 1. The number of aromatic nitrogens is 2. The van der Waals surface area contributed by atoms with Crippen LogP contribution in [0.25, 0.3) is 11.5 Å². The zero-order chi connectivity index (χ0) is 13.9. The Labute approximate surface area is 115 Å². The number of carbonyl (C=O) groups is 1. The molecule has 1 amide bonds. The Kier molecular flexibility index (Phi) is 3.34. The molecule has 3 rings (SSSR count). The molecule has 1 saturated heterocycles. The molecule has 2 aromatic rings. The summed E-state index contributed by atoms with van der Waals surface area (Å²) in [7, 11) is 0. The first-order valence-corrected chi connectivity index (χ1v) is 6.31. The first-order chi connectivity index (χ1) is 9.74. The molecule has 7 nitrogen and oxygen atoms in total. The monoisotopic (exact) mass is 274 g/mol. The average Bonchev–Trinajstić information content (AvgIpc) is 2.98. The molecule has 0 spiro atoms. The van der Waals surface area contributed by atoms with E-state index in [4.69, 9.17) is 15.0 Å². The Bertz CT molecular complexity index is 602. The molecule has 2 N–H and O–H groups in total. The lowest BCUT2D eigenvalue weighted by Gasteiger charge is -2.28. The molecule has 0 radical (unpaired) electrons. The molecule has 1 aromatic heterocycles. The van der Waals surface area contributed by atoms with Gasteiger partial charge in [-0.05, 0) is 24.3 Å². The lowest BCUT2D eigenvalue weighted by Crippen LogP contribution is -2.36. The maximum atomic E-state index is 10.9. The zero-order valence-corrected chi connectivity index (χ0v) is 10.8. The summed E-state index contributed by atoms with van der Waals surface area (Å²) in [6, 6.07) is 7.72. The van der Waals surface area contributed by atoms with E-state index in [9.17, 15) is 4.79 Å². The number of amides is 1. The van der Waals surface area contributed by atoms with Gasteiger partial charge in [-0.1, -0.05) is 5.16 Å². The molecule has 0 atom stereocenters. The summed E-state index contributed by atoms with van der Waals surface area (Å²) in [5.41, 5.74) is 6.95. The van der Waals surface area contributed by atoms with Crippen LogP contribution in [0.2, 0.25) is 0 Å². The van der Waals surface area contributed by atoms with E-state index in [0.717, 1.165) is 37.6 Å². The van der Waals surface area contributed by atoms with E-state index in [1.807, 2.05) is 24.3 Å². The predicted molar refractivity (Wildman–Crippen MR) is 71.3 cm³/mol. The molecule has 1 aromatic carbocycles. The van der Waals surface area contributed by atoms with Gasteiger partial charge in [0.2, 0.25) is 0 Å². The fourth-order valence-electron chi connectivity index (χ4n) is 2.08. The summed E-state index contributed by atoms with van der Waals surface area (Å²) >= 11 is 0. The Morgan fingerprint density at radius 3 is 2.50 bits per heavy atom. The number of morpholine rings is 1. The van der Waals surface area contributed by atoms with Gasteiger partial charge in [-0.3, -0.25) is 4.79 Å². The van der Waals surface area contributed by atoms with E-state index in [2.05, 4.69) is 15.0 Å². The summed E-state index contributed by atoms with van der Waals surface area (Å²) in [4.78, 5) is 17.1. The van der Waals surface area contributed by atoms with Crippen LogP contribution in [-0.4, -0.2) is 42.4 Å². The standard InChI is InChI=1S/C13H14N4O3/c14-11(18)12-15-13(20-16-12)9-1-3-10(4-2-9)17-5-7-19-8-6-17/h1-4H,5-8H2,(H2,14,18). The van der Waals surface area contributed by atoms with E-state index in [0.29, 0.717) is 0 Å². The molecular formula is C13H14N4O3. The first-order valence-electron chi connectivity index (χ1n) is 6.31. The quantitative estimate of drug-likeness (QED) is 0.884. The number of carbonyl (C=O) groups excluding carboxylic acids is 1. The van der Waals surface area contributed by atoms with Gasteiger partial charge in [-0.25, -0.2) is 0 Å². The maximum Gasteiger partial charge on any atom is 0.290 e.